The molecule has 0 aromatic carbocycles. The fraction of sp³-hybridized carbons (Fsp3) is 0.571. The summed E-state index contributed by atoms with van der Waals surface area (Å²) >= 11 is 0. The van der Waals surface area contributed by atoms with Crippen LogP contribution in [0.3, 0.4) is 0 Å². The summed E-state index contributed by atoms with van der Waals surface area (Å²) in [6, 6.07) is 0. The number of allylic oxidation sites excluding steroid dienone is 1. The summed E-state index contributed by atoms with van der Waals surface area (Å²) in [6.45, 7) is 3.37. The number of rotatable bonds is 1. The number of carboxylic acid groups (broad SMARTS) is 1. The highest BCUT2D eigenvalue weighted by Gasteiger charge is 2.37. The Bertz CT molecular complexity index is 267. The standard InChI is InChI=1S/C7H11O3P/c1-5-3-6(7(8)9)11(2,10)4-5/h3,6H,4H2,1-2H3,(H,8,9)/t6-,11-/m0/s1. The van der Waals surface area contributed by atoms with Gasteiger partial charge in [0.15, 0.2) is 0 Å². The summed E-state index contributed by atoms with van der Waals surface area (Å²) in [6.07, 6.45) is 2.06. The lowest BCUT2D eigenvalue weighted by Crippen LogP contribution is -2.14. The molecule has 0 aliphatic carbocycles. The maximum atomic E-state index is 11.6. The number of carbonyl (C=O) groups is 1. The predicted molar refractivity (Wildman–Crippen MR) is 43.6 cm³/mol. The van der Waals surface area contributed by atoms with Crippen LogP contribution in [-0.2, 0) is 9.36 Å². The lowest BCUT2D eigenvalue weighted by molar-refractivity contribution is -0.135. The smallest absolute Gasteiger partial charge is 0.317 e. The van der Waals surface area contributed by atoms with Crippen LogP contribution in [-0.4, -0.2) is 29.6 Å². The van der Waals surface area contributed by atoms with Crippen molar-refractivity contribution in [2.45, 2.75) is 12.6 Å². The number of aliphatic carboxylic acids is 1. The van der Waals surface area contributed by atoms with Crippen LogP contribution in [0.2, 0.25) is 0 Å². The minimum Gasteiger partial charge on any atom is -0.480 e. The molecule has 0 saturated heterocycles. The minimum absolute atomic E-state index is 0.462. The first kappa shape index (κ1) is 8.54. The van der Waals surface area contributed by atoms with E-state index in [2.05, 4.69) is 0 Å². The van der Waals surface area contributed by atoms with Gasteiger partial charge in [0.1, 0.15) is 12.8 Å². The van der Waals surface area contributed by atoms with E-state index < -0.39 is 18.8 Å². The molecule has 3 nitrogen and oxygen atoms in total. The van der Waals surface area contributed by atoms with Crippen LogP contribution < -0.4 is 0 Å². The van der Waals surface area contributed by atoms with Crippen LogP contribution in [0.1, 0.15) is 6.92 Å². The Morgan fingerprint density at radius 3 is 2.55 bits per heavy atom. The second-order valence-corrected chi connectivity index (χ2v) is 6.35. The molecule has 0 aromatic heterocycles. The van der Waals surface area contributed by atoms with E-state index >= 15 is 0 Å². The van der Waals surface area contributed by atoms with Gasteiger partial charge in [-0.3, -0.25) is 4.79 Å². The van der Waals surface area contributed by atoms with E-state index in [1.165, 1.54) is 0 Å². The average molecular weight is 174 g/mol. The Hall–Kier alpha value is -0.560. The Labute approximate surface area is 65.5 Å². The predicted octanol–water partition coefficient (Wildman–Crippen LogP) is 1.39. The van der Waals surface area contributed by atoms with Gasteiger partial charge in [0.05, 0.1) is 0 Å². The van der Waals surface area contributed by atoms with Gasteiger partial charge in [0.2, 0.25) is 0 Å². The molecular formula is C7H11O3P. The maximum absolute atomic E-state index is 11.6. The van der Waals surface area contributed by atoms with Gasteiger partial charge >= 0.3 is 5.97 Å². The van der Waals surface area contributed by atoms with Gasteiger partial charge in [-0.15, -0.1) is 0 Å². The van der Waals surface area contributed by atoms with Gasteiger partial charge < -0.3 is 9.67 Å². The van der Waals surface area contributed by atoms with Crippen LogP contribution in [0.15, 0.2) is 11.6 Å². The summed E-state index contributed by atoms with van der Waals surface area (Å²) in [5.41, 5.74) is 0.200. The quantitative estimate of drug-likeness (QED) is 0.482. The second-order valence-electron chi connectivity index (χ2n) is 3.13. The van der Waals surface area contributed by atoms with Crippen LogP contribution >= 0.6 is 7.14 Å². The van der Waals surface area contributed by atoms with Crippen molar-refractivity contribution in [3.05, 3.63) is 11.6 Å². The molecule has 0 aromatic rings. The molecule has 0 unspecified atom stereocenters. The number of hydrogen-bond donors (Lipinski definition) is 1. The van der Waals surface area contributed by atoms with E-state index in [0.29, 0.717) is 6.16 Å². The van der Waals surface area contributed by atoms with Gasteiger partial charge in [-0.25, -0.2) is 0 Å². The molecule has 0 bridgehead atoms. The highest BCUT2D eigenvalue weighted by atomic mass is 31.2. The van der Waals surface area contributed by atoms with Crippen molar-refractivity contribution in [2.24, 2.45) is 0 Å². The summed E-state index contributed by atoms with van der Waals surface area (Å²) in [5.74, 6) is -0.965. The van der Waals surface area contributed by atoms with Crippen molar-refractivity contribution in [1.82, 2.24) is 0 Å². The van der Waals surface area contributed by atoms with Crippen LogP contribution in [0, 0.1) is 0 Å². The van der Waals surface area contributed by atoms with E-state index in [0.717, 1.165) is 5.57 Å². The lowest BCUT2D eigenvalue weighted by Gasteiger charge is -2.09. The molecule has 11 heavy (non-hydrogen) atoms. The third-order valence-corrected chi connectivity index (χ3v) is 4.52. The SMILES string of the molecule is CC1=C[C@@H](C(=O)O)[P@@](C)(=O)C1. The Morgan fingerprint density at radius 2 is 2.36 bits per heavy atom. The molecule has 1 N–H and O–H groups in total. The van der Waals surface area contributed by atoms with Crippen LogP contribution in [0.5, 0.6) is 0 Å². The lowest BCUT2D eigenvalue weighted by atomic mass is 10.3. The third kappa shape index (κ3) is 1.54. The summed E-state index contributed by atoms with van der Waals surface area (Å²) in [7, 11) is -2.46. The monoisotopic (exact) mass is 174 g/mol. The first-order valence-corrected chi connectivity index (χ1v) is 5.80. The molecule has 1 heterocycles. The molecule has 0 amide bonds. The van der Waals surface area contributed by atoms with Crippen molar-refractivity contribution in [2.75, 3.05) is 12.8 Å². The topological polar surface area (TPSA) is 54.4 Å². The summed E-state index contributed by atoms with van der Waals surface area (Å²) in [4.78, 5) is 10.5. The van der Waals surface area contributed by atoms with E-state index in [1.807, 2.05) is 6.92 Å². The zero-order valence-electron chi connectivity index (χ0n) is 6.57. The zero-order valence-corrected chi connectivity index (χ0v) is 7.47. The fourth-order valence-electron chi connectivity index (χ4n) is 1.38. The largest absolute Gasteiger partial charge is 0.480 e. The van der Waals surface area contributed by atoms with Crippen LogP contribution in [0.25, 0.3) is 0 Å². The van der Waals surface area contributed by atoms with Crippen molar-refractivity contribution < 1.29 is 14.5 Å². The summed E-state index contributed by atoms with van der Waals surface area (Å²) < 4.78 is 11.6. The molecule has 1 rings (SSSR count). The normalized spacial score (nSPS) is 36.9. The van der Waals surface area contributed by atoms with E-state index in [4.69, 9.17) is 5.11 Å². The highest BCUT2D eigenvalue weighted by molar-refractivity contribution is 7.65. The Morgan fingerprint density at radius 1 is 1.82 bits per heavy atom. The minimum atomic E-state index is -2.46. The van der Waals surface area contributed by atoms with Crippen molar-refractivity contribution in [1.29, 1.82) is 0 Å². The van der Waals surface area contributed by atoms with Gasteiger partial charge in [-0.05, 0) is 13.6 Å². The van der Waals surface area contributed by atoms with E-state index in [9.17, 15) is 9.36 Å². The van der Waals surface area contributed by atoms with Crippen LogP contribution in [0.4, 0.5) is 0 Å². The van der Waals surface area contributed by atoms with Crippen molar-refractivity contribution in [3.8, 4) is 0 Å². The molecule has 2 atom stereocenters. The summed E-state index contributed by atoms with van der Waals surface area (Å²) in [5, 5.41) is 8.65. The second kappa shape index (κ2) is 2.49. The molecule has 1 aliphatic rings. The first-order chi connectivity index (χ1) is 4.93. The molecule has 0 saturated carbocycles. The fourth-order valence-corrected chi connectivity index (χ4v) is 3.71. The number of hydrogen-bond acceptors (Lipinski definition) is 2. The Balaban J connectivity index is 2.96. The van der Waals surface area contributed by atoms with Gasteiger partial charge in [0.25, 0.3) is 0 Å². The first-order valence-electron chi connectivity index (χ1n) is 3.40. The molecule has 0 spiro atoms. The molecule has 0 radical (unpaired) electrons. The molecule has 0 fully saturated rings. The molecule has 62 valence electrons. The maximum Gasteiger partial charge on any atom is 0.317 e. The molecule has 1 aliphatic heterocycles. The number of carboxylic acids is 1. The van der Waals surface area contributed by atoms with Gasteiger partial charge in [-0.1, -0.05) is 11.6 Å². The van der Waals surface area contributed by atoms with E-state index in [1.54, 1.807) is 12.7 Å². The zero-order chi connectivity index (χ0) is 8.65. The van der Waals surface area contributed by atoms with Gasteiger partial charge in [0, 0.05) is 6.16 Å². The Kier molecular flexibility index (Phi) is 1.93. The molecular weight excluding hydrogens is 163 g/mol. The van der Waals surface area contributed by atoms with E-state index in [-0.39, 0.29) is 0 Å². The highest BCUT2D eigenvalue weighted by Crippen LogP contribution is 2.53. The molecule has 4 heteroatoms. The third-order valence-electron chi connectivity index (χ3n) is 1.85. The van der Waals surface area contributed by atoms with Crippen molar-refractivity contribution >= 4 is 13.1 Å². The van der Waals surface area contributed by atoms with Crippen molar-refractivity contribution in [3.63, 3.8) is 0 Å². The van der Waals surface area contributed by atoms with Gasteiger partial charge in [-0.2, -0.15) is 0 Å². The average Bonchev–Trinajstić information content (AvgIpc) is 2.04.